The van der Waals surface area contributed by atoms with Crippen LogP contribution < -0.4 is 5.73 Å². The number of nitrogens with two attached hydrogens (primary N) is 1. The molecular weight excluding hydrogens is 410 g/mol. The molecule has 2 aromatic carbocycles. The number of benzene rings is 2. The Morgan fingerprint density at radius 1 is 0.882 bits per heavy atom. The van der Waals surface area contributed by atoms with Crippen molar-refractivity contribution in [1.29, 1.82) is 0 Å². The van der Waals surface area contributed by atoms with Gasteiger partial charge in [-0.05, 0) is 112 Å². The molecule has 0 saturated heterocycles. The van der Waals surface area contributed by atoms with Crippen LogP contribution in [0.2, 0.25) is 0 Å². The Balaban J connectivity index is 0.000000311. The van der Waals surface area contributed by atoms with E-state index in [4.69, 9.17) is 5.73 Å². The van der Waals surface area contributed by atoms with Crippen molar-refractivity contribution in [2.45, 2.75) is 93.5 Å². The molecule has 4 rings (SSSR count). The van der Waals surface area contributed by atoms with Crippen LogP contribution in [0.5, 0.6) is 0 Å². The van der Waals surface area contributed by atoms with Crippen LogP contribution in [0.15, 0.2) is 76.9 Å². The van der Waals surface area contributed by atoms with E-state index in [1.54, 1.807) is 16.7 Å². The highest BCUT2D eigenvalue weighted by atomic mass is 14.5. The van der Waals surface area contributed by atoms with Crippen molar-refractivity contribution in [2.24, 2.45) is 11.7 Å². The molecule has 1 saturated carbocycles. The van der Waals surface area contributed by atoms with Crippen LogP contribution in [0.1, 0.15) is 87.6 Å². The van der Waals surface area contributed by atoms with E-state index < -0.39 is 0 Å². The SMILES string of the molecule is CC.CC1=CCCC=C1/C(=C(/C)CCc1cc(C)ccc1C)C1CC1.Cc1cccc(CN)c1. The lowest BCUT2D eigenvalue weighted by atomic mass is 9.85. The second-order valence-corrected chi connectivity index (χ2v) is 9.67. The third-order valence-corrected chi connectivity index (χ3v) is 6.72. The minimum atomic E-state index is 0.641. The van der Waals surface area contributed by atoms with Crippen molar-refractivity contribution in [3.05, 3.63) is 105 Å². The molecule has 184 valence electrons. The van der Waals surface area contributed by atoms with Gasteiger partial charge in [0.2, 0.25) is 0 Å². The summed E-state index contributed by atoms with van der Waals surface area (Å²) < 4.78 is 0. The first-order valence-corrected chi connectivity index (χ1v) is 13.3. The molecule has 1 heteroatoms. The first-order valence-electron chi connectivity index (χ1n) is 13.3. The molecule has 0 radical (unpaired) electrons. The highest BCUT2D eigenvalue weighted by Gasteiger charge is 2.30. The van der Waals surface area contributed by atoms with Crippen LogP contribution in [0, 0.1) is 26.7 Å². The van der Waals surface area contributed by atoms with Gasteiger partial charge in [0, 0.05) is 6.54 Å². The average molecular weight is 458 g/mol. The van der Waals surface area contributed by atoms with Crippen molar-refractivity contribution in [3.8, 4) is 0 Å². The summed E-state index contributed by atoms with van der Waals surface area (Å²) >= 11 is 0. The molecule has 2 N–H and O–H groups in total. The highest BCUT2D eigenvalue weighted by molar-refractivity contribution is 5.51. The van der Waals surface area contributed by atoms with Gasteiger partial charge in [-0.25, -0.2) is 0 Å². The second kappa shape index (κ2) is 14.1. The van der Waals surface area contributed by atoms with Crippen LogP contribution in [-0.4, -0.2) is 0 Å². The Morgan fingerprint density at radius 3 is 2.15 bits per heavy atom. The fourth-order valence-corrected chi connectivity index (χ4v) is 4.66. The Hall–Kier alpha value is -2.38. The van der Waals surface area contributed by atoms with E-state index in [0.717, 1.165) is 5.92 Å². The molecule has 1 fully saturated rings. The maximum atomic E-state index is 5.42. The van der Waals surface area contributed by atoms with E-state index in [1.807, 2.05) is 26.0 Å². The lowest BCUT2D eigenvalue weighted by Gasteiger charge is -2.20. The second-order valence-electron chi connectivity index (χ2n) is 9.67. The zero-order valence-corrected chi connectivity index (χ0v) is 22.8. The van der Waals surface area contributed by atoms with Gasteiger partial charge in [0.05, 0.1) is 0 Å². The summed E-state index contributed by atoms with van der Waals surface area (Å²) in [5.41, 5.74) is 18.6. The first-order chi connectivity index (χ1) is 16.4. The predicted molar refractivity (Wildman–Crippen MR) is 151 cm³/mol. The Kier molecular flexibility index (Phi) is 11.6. The van der Waals surface area contributed by atoms with Crippen molar-refractivity contribution < 1.29 is 0 Å². The maximum Gasteiger partial charge on any atom is 0.0178 e. The monoisotopic (exact) mass is 457 g/mol. The van der Waals surface area contributed by atoms with Gasteiger partial charge in [0.1, 0.15) is 0 Å². The summed E-state index contributed by atoms with van der Waals surface area (Å²) in [5.74, 6) is 0.835. The third-order valence-electron chi connectivity index (χ3n) is 6.72. The van der Waals surface area contributed by atoms with Gasteiger partial charge >= 0.3 is 0 Å². The quantitative estimate of drug-likeness (QED) is 0.460. The maximum absolute atomic E-state index is 5.42. The fourth-order valence-electron chi connectivity index (χ4n) is 4.66. The molecule has 2 aromatic rings. The lowest BCUT2D eigenvalue weighted by Crippen LogP contribution is -2.03. The number of hydrogen-bond donors (Lipinski definition) is 1. The topological polar surface area (TPSA) is 26.0 Å². The molecule has 0 aliphatic heterocycles. The Bertz CT molecular complexity index is 1010. The zero-order valence-electron chi connectivity index (χ0n) is 22.8. The van der Waals surface area contributed by atoms with Crippen molar-refractivity contribution in [1.82, 2.24) is 0 Å². The highest BCUT2D eigenvalue weighted by Crippen LogP contribution is 2.45. The van der Waals surface area contributed by atoms with Crippen LogP contribution in [0.25, 0.3) is 0 Å². The van der Waals surface area contributed by atoms with Gasteiger partial charge in [-0.1, -0.05) is 85.2 Å². The van der Waals surface area contributed by atoms with Crippen LogP contribution >= 0.6 is 0 Å². The standard InChI is InChI=1S/C23H30.C8H11N.C2H6/c1-16-9-10-17(2)21(15-16)12-11-19(4)23(20-13-14-20)22-8-6-5-7-18(22)3;1-7-3-2-4-8(5-7)6-9;1-2/h7-10,15,20H,5-6,11-14H2,1-4H3;2-5H,6,9H2,1H3;1-2H3/b23-19-;;. The zero-order chi connectivity index (χ0) is 25.1. The van der Waals surface area contributed by atoms with Gasteiger partial charge in [-0.15, -0.1) is 0 Å². The number of aryl methyl sites for hydroxylation is 4. The summed E-state index contributed by atoms with van der Waals surface area (Å²) in [4.78, 5) is 0. The van der Waals surface area contributed by atoms with Crippen LogP contribution in [0.4, 0.5) is 0 Å². The summed E-state index contributed by atoms with van der Waals surface area (Å²) in [5, 5.41) is 0. The number of allylic oxidation sites excluding steroid dienone is 6. The van der Waals surface area contributed by atoms with E-state index in [9.17, 15) is 0 Å². The average Bonchev–Trinajstić information content (AvgIpc) is 3.68. The normalized spacial score (nSPS) is 15.6. The van der Waals surface area contributed by atoms with Gasteiger partial charge in [0.25, 0.3) is 0 Å². The first kappa shape index (κ1) is 27.9. The molecule has 0 amide bonds. The molecule has 2 aliphatic carbocycles. The third kappa shape index (κ3) is 8.44. The largest absolute Gasteiger partial charge is 0.326 e. The Labute approximate surface area is 209 Å². The van der Waals surface area contributed by atoms with Gasteiger partial charge in [0.15, 0.2) is 0 Å². The minimum Gasteiger partial charge on any atom is -0.326 e. The smallest absolute Gasteiger partial charge is 0.0178 e. The van der Waals surface area contributed by atoms with Crippen molar-refractivity contribution >= 4 is 0 Å². The van der Waals surface area contributed by atoms with Gasteiger partial charge in [-0.2, -0.15) is 0 Å². The molecule has 34 heavy (non-hydrogen) atoms. The van der Waals surface area contributed by atoms with E-state index in [1.165, 1.54) is 71.9 Å². The number of hydrogen-bond acceptors (Lipinski definition) is 1. The molecule has 0 spiro atoms. The van der Waals surface area contributed by atoms with E-state index >= 15 is 0 Å². The van der Waals surface area contributed by atoms with E-state index in [-0.39, 0.29) is 0 Å². The Morgan fingerprint density at radius 2 is 1.56 bits per heavy atom. The van der Waals surface area contributed by atoms with E-state index in [0.29, 0.717) is 6.54 Å². The molecule has 0 heterocycles. The van der Waals surface area contributed by atoms with Crippen molar-refractivity contribution in [3.63, 3.8) is 0 Å². The van der Waals surface area contributed by atoms with Gasteiger partial charge in [-0.3, -0.25) is 0 Å². The summed E-state index contributed by atoms with van der Waals surface area (Å²) in [6.07, 6.45) is 12.5. The molecule has 1 nitrogen and oxygen atoms in total. The summed E-state index contributed by atoms with van der Waals surface area (Å²) in [7, 11) is 0. The molecule has 0 unspecified atom stereocenters. The summed E-state index contributed by atoms with van der Waals surface area (Å²) in [6, 6.07) is 15.1. The minimum absolute atomic E-state index is 0.641. The van der Waals surface area contributed by atoms with Crippen LogP contribution in [0.3, 0.4) is 0 Å². The molecule has 0 bridgehead atoms. The van der Waals surface area contributed by atoms with Crippen molar-refractivity contribution in [2.75, 3.05) is 0 Å². The molecule has 0 atom stereocenters. The van der Waals surface area contributed by atoms with Crippen LogP contribution in [-0.2, 0) is 13.0 Å². The predicted octanol–water partition coefficient (Wildman–Crippen LogP) is 9.11. The van der Waals surface area contributed by atoms with E-state index in [2.05, 4.69) is 77.1 Å². The summed E-state index contributed by atoms with van der Waals surface area (Å²) in [6.45, 7) is 15.8. The van der Waals surface area contributed by atoms with Gasteiger partial charge < -0.3 is 5.73 Å². The number of rotatable bonds is 6. The fraction of sp³-hybridized carbons (Fsp3) is 0.455. The molecule has 2 aliphatic rings. The molecule has 0 aromatic heterocycles. The molecular formula is C33H47N. The lowest BCUT2D eigenvalue weighted by molar-refractivity contribution is 0.869.